The van der Waals surface area contributed by atoms with Crippen LogP contribution in [0.25, 0.3) is 0 Å². The second-order valence-corrected chi connectivity index (χ2v) is 4.30. The van der Waals surface area contributed by atoms with Gasteiger partial charge in [0.05, 0.1) is 10.8 Å². The summed E-state index contributed by atoms with van der Waals surface area (Å²) in [7, 11) is 0. The van der Waals surface area contributed by atoms with Gasteiger partial charge in [0, 0.05) is 30.2 Å². The number of nitrogens with one attached hydrogen (secondary N) is 1. The van der Waals surface area contributed by atoms with E-state index in [2.05, 4.69) is 10.3 Å². The first-order valence-corrected chi connectivity index (χ1v) is 6.03. The van der Waals surface area contributed by atoms with Crippen LogP contribution < -0.4 is 5.32 Å². The van der Waals surface area contributed by atoms with Crippen LogP contribution in [0.15, 0.2) is 48.8 Å². The third kappa shape index (κ3) is 3.17. The number of benzene rings is 1. The van der Waals surface area contributed by atoms with Crippen molar-refractivity contribution >= 4 is 17.3 Å². The molecular formula is C14H13N3O3. The van der Waals surface area contributed by atoms with E-state index in [-0.39, 0.29) is 11.6 Å². The fourth-order valence-electron chi connectivity index (χ4n) is 1.72. The number of anilines is 1. The van der Waals surface area contributed by atoms with Gasteiger partial charge in [-0.25, -0.2) is 0 Å². The predicted octanol–water partition coefficient (Wildman–Crippen LogP) is 2.73. The van der Waals surface area contributed by atoms with E-state index in [1.807, 2.05) is 0 Å². The van der Waals surface area contributed by atoms with Crippen LogP contribution in [0.1, 0.15) is 18.4 Å². The summed E-state index contributed by atoms with van der Waals surface area (Å²) in [6, 6.07) is 9.36. The van der Waals surface area contributed by atoms with Crippen LogP contribution in [0.4, 0.5) is 11.4 Å². The Morgan fingerprint density at radius 2 is 1.80 bits per heavy atom. The molecule has 6 heteroatoms. The van der Waals surface area contributed by atoms with Crippen LogP contribution in [-0.2, 0) is 4.79 Å². The molecule has 0 unspecified atom stereocenters. The number of pyridine rings is 1. The summed E-state index contributed by atoms with van der Waals surface area (Å²) in [6.07, 6.45) is 3.18. The normalized spacial score (nSPS) is 11.7. The molecule has 2 rings (SSSR count). The van der Waals surface area contributed by atoms with E-state index in [4.69, 9.17) is 0 Å². The Morgan fingerprint density at radius 3 is 2.35 bits per heavy atom. The van der Waals surface area contributed by atoms with E-state index in [1.54, 1.807) is 43.6 Å². The Kier molecular flexibility index (Phi) is 4.05. The summed E-state index contributed by atoms with van der Waals surface area (Å²) in [4.78, 5) is 26.0. The van der Waals surface area contributed by atoms with Crippen LogP contribution in [-0.4, -0.2) is 15.8 Å². The molecule has 1 N–H and O–H groups in total. The summed E-state index contributed by atoms with van der Waals surface area (Å²) in [5.41, 5.74) is 1.40. The summed E-state index contributed by atoms with van der Waals surface area (Å²) in [5.74, 6) is -0.575. The van der Waals surface area contributed by atoms with E-state index >= 15 is 0 Å². The largest absolute Gasteiger partial charge is 0.325 e. The molecular weight excluding hydrogens is 258 g/mol. The number of nitro benzene ring substituents is 1. The van der Waals surface area contributed by atoms with Crippen LogP contribution >= 0.6 is 0 Å². The maximum Gasteiger partial charge on any atom is 0.269 e. The van der Waals surface area contributed by atoms with Crippen molar-refractivity contribution in [3.63, 3.8) is 0 Å². The molecule has 0 fully saturated rings. The number of rotatable bonds is 4. The topological polar surface area (TPSA) is 85.1 Å². The third-order valence-corrected chi connectivity index (χ3v) is 2.95. The first kappa shape index (κ1) is 13.7. The molecule has 1 aromatic carbocycles. The Bertz CT molecular complexity index is 611. The lowest BCUT2D eigenvalue weighted by atomic mass is 10.00. The van der Waals surface area contributed by atoms with Gasteiger partial charge >= 0.3 is 0 Å². The second kappa shape index (κ2) is 5.92. The van der Waals surface area contributed by atoms with Crippen molar-refractivity contribution in [2.75, 3.05) is 5.32 Å². The SMILES string of the molecule is C[C@@H](C(=O)Nc1ccncc1)c1ccc([N+](=O)[O-])cc1. The van der Waals surface area contributed by atoms with E-state index < -0.39 is 10.8 Å². The van der Waals surface area contributed by atoms with Crippen molar-refractivity contribution in [2.24, 2.45) is 0 Å². The Morgan fingerprint density at radius 1 is 1.20 bits per heavy atom. The molecule has 20 heavy (non-hydrogen) atoms. The van der Waals surface area contributed by atoms with Gasteiger partial charge in [-0.05, 0) is 24.6 Å². The zero-order valence-electron chi connectivity index (χ0n) is 10.8. The maximum absolute atomic E-state index is 12.1. The summed E-state index contributed by atoms with van der Waals surface area (Å²) >= 11 is 0. The highest BCUT2D eigenvalue weighted by atomic mass is 16.6. The molecule has 6 nitrogen and oxygen atoms in total. The standard InChI is InChI=1S/C14H13N3O3/c1-10(11-2-4-13(5-3-11)17(19)20)14(18)16-12-6-8-15-9-7-12/h2-10H,1H3,(H,15,16,18)/t10-/m1/s1. The summed E-state index contributed by atoms with van der Waals surface area (Å²) in [5, 5.41) is 13.3. The van der Waals surface area contributed by atoms with Crippen molar-refractivity contribution in [3.8, 4) is 0 Å². The van der Waals surface area contributed by atoms with Gasteiger partial charge < -0.3 is 5.32 Å². The molecule has 1 atom stereocenters. The van der Waals surface area contributed by atoms with Crippen molar-refractivity contribution < 1.29 is 9.72 Å². The minimum Gasteiger partial charge on any atom is -0.325 e. The lowest BCUT2D eigenvalue weighted by Crippen LogP contribution is -2.18. The summed E-state index contributed by atoms with van der Waals surface area (Å²) in [6.45, 7) is 1.75. The Balaban J connectivity index is 2.08. The van der Waals surface area contributed by atoms with Gasteiger partial charge in [0.15, 0.2) is 0 Å². The van der Waals surface area contributed by atoms with Crippen LogP contribution in [0, 0.1) is 10.1 Å². The van der Waals surface area contributed by atoms with Gasteiger partial charge in [-0.1, -0.05) is 12.1 Å². The zero-order valence-corrected chi connectivity index (χ0v) is 10.8. The van der Waals surface area contributed by atoms with Crippen molar-refractivity contribution in [2.45, 2.75) is 12.8 Å². The van der Waals surface area contributed by atoms with Crippen LogP contribution in [0.3, 0.4) is 0 Å². The van der Waals surface area contributed by atoms with Gasteiger partial charge in [-0.3, -0.25) is 19.9 Å². The number of non-ortho nitro benzene ring substituents is 1. The first-order valence-electron chi connectivity index (χ1n) is 6.03. The predicted molar refractivity (Wildman–Crippen MR) is 74.4 cm³/mol. The van der Waals surface area contributed by atoms with E-state index in [1.165, 1.54) is 12.1 Å². The van der Waals surface area contributed by atoms with Crippen molar-refractivity contribution in [3.05, 3.63) is 64.5 Å². The quantitative estimate of drug-likeness (QED) is 0.684. The Labute approximate surface area is 115 Å². The third-order valence-electron chi connectivity index (χ3n) is 2.95. The van der Waals surface area contributed by atoms with E-state index in [0.29, 0.717) is 5.69 Å². The molecule has 2 aromatic rings. The molecule has 0 aliphatic rings. The number of hydrogen-bond acceptors (Lipinski definition) is 4. The molecule has 0 aliphatic carbocycles. The Hall–Kier alpha value is -2.76. The fourth-order valence-corrected chi connectivity index (χ4v) is 1.72. The maximum atomic E-state index is 12.1. The first-order chi connectivity index (χ1) is 9.58. The molecule has 1 aromatic heterocycles. The van der Waals surface area contributed by atoms with Crippen LogP contribution in [0.2, 0.25) is 0 Å². The second-order valence-electron chi connectivity index (χ2n) is 4.30. The van der Waals surface area contributed by atoms with Gasteiger partial charge in [-0.15, -0.1) is 0 Å². The van der Waals surface area contributed by atoms with Gasteiger partial charge in [0.25, 0.3) is 5.69 Å². The van der Waals surface area contributed by atoms with Gasteiger partial charge in [0.2, 0.25) is 5.91 Å². The number of nitro groups is 1. The highest BCUT2D eigenvalue weighted by Crippen LogP contribution is 2.20. The molecule has 0 aliphatic heterocycles. The zero-order chi connectivity index (χ0) is 14.5. The highest BCUT2D eigenvalue weighted by molar-refractivity contribution is 5.95. The molecule has 0 saturated carbocycles. The number of carbonyl (C=O) groups excluding carboxylic acids is 1. The number of hydrogen-bond donors (Lipinski definition) is 1. The summed E-state index contributed by atoms with van der Waals surface area (Å²) < 4.78 is 0. The molecule has 1 heterocycles. The van der Waals surface area contributed by atoms with Crippen LogP contribution in [0.5, 0.6) is 0 Å². The monoisotopic (exact) mass is 271 g/mol. The van der Waals surface area contributed by atoms with E-state index in [9.17, 15) is 14.9 Å². The fraction of sp³-hybridized carbons (Fsp3) is 0.143. The lowest BCUT2D eigenvalue weighted by Gasteiger charge is -2.12. The average Bonchev–Trinajstić information content (AvgIpc) is 2.47. The van der Waals surface area contributed by atoms with E-state index in [0.717, 1.165) is 5.56 Å². The molecule has 0 bridgehead atoms. The lowest BCUT2D eigenvalue weighted by molar-refractivity contribution is -0.384. The molecule has 0 saturated heterocycles. The minimum atomic E-state index is -0.467. The van der Waals surface area contributed by atoms with Gasteiger partial charge in [0.1, 0.15) is 0 Å². The minimum absolute atomic E-state index is 0.00971. The number of nitrogens with zero attached hydrogens (tertiary/aromatic N) is 2. The smallest absolute Gasteiger partial charge is 0.269 e. The van der Waals surface area contributed by atoms with Crippen molar-refractivity contribution in [1.82, 2.24) is 4.98 Å². The van der Waals surface area contributed by atoms with Gasteiger partial charge in [-0.2, -0.15) is 0 Å². The average molecular weight is 271 g/mol. The molecule has 0 spiro atoms. The molecule has 0 radical (unpaired) electrons. The number of aromatic nitrogens is 1. The number of carbonyl (C=O) groups is 1. The van der Waals surface area contributed by atoms with Crippen molar-refractivity contribution in [1.29, 1.82) is 0 Å². The number of amides is 1. The molecule has 102 valence electrons. The molecule has 1 amide bonds. The highest BCUT2D eigenvalue weighted by Gasteiger charge is 2.16.